The molecule has 3 heteroatoms. The van der Waals surface area contributed by atoms with Crippen LogP contribution in [0.4, 0.5) is 5.69 Å². The van der Waals surface area contributed by atoms with E-state index < -0.39 is 0 Å². The monoisotopic (exact) mass is 306 g/mol. The number of nitrogens with zero attached hydrogens (tertiary/aromatic N) is 2. The lowest BCUT2D eigenvalue weighted by Crippen LogP contribution is -2.47. The molecule has 0 spiro atoms. The fraction of sp³-hybridized carbons (Fsp3) is 0.667. The lowest BCUT2D eigenvalue weighted by atomic mass is 10.0. The van der Waals surface area contributed by atoms with Crippen molar-refractivity contribution in [2.45, 2.75) is 33.6 Å². The number of piperazine rings is 1. The number of rotatable bonds is 6. The molecule has 0 saturated carbocycles. The van der Waals surface area contributed by atoms with E-state index in [1.165, 1.54) is 49.3 Å². The zero-order chi connectivity index (χ0) is 15.2. The number of aryl methyl sites for hydroxylation is 1. The van der Waals surface area contributed by atoms with Gasteiger partial charge in [0, 0.05) is 31.9 Å². The molecule has 0 aliphatic carbocycles. The van der Waals surface area contributed by atoms with E-state index in [1.807, 2.05) is 0 Å². The van der Waals surface area contributed by atoms with Gasteiger partial charge in [-0.05, 0) is 62.1 Å². The van der Waals surface area contributed by atoms with Gasteiger partial charge >= 0.3 is 0 Å². The number of hydrogen-bond acceptors (Lipinski definition) is 3. The van der Waals surface area contributed by atoms with E-state index in [9.17, 15) is 0 Å². The highest BCUT2D eigenvalue weighted by atomic mass is 32.1. The Morgan fingerprint density at radius 2 is 1.81 bits per heavy atom. The van der Waals surface area contributed by atoms with Gasteiger partial charge in [-0.25, -0.2) is 0 Å². The van der Waals surface area contributed by atoms with Crippen LogP contribution in [0.2, 0.25) is 0 Å². The average Bonchev–Trinajstić information content (AvgIpc) is 2.49. The summed E-state index contributed by atoms with van der Waals surface area (Å²) in [5, 5.41) is 0. The van der Waals surface area contributed by atoms with Gasteiger partial charge in [0.15, 0.2) is 0 Å². The second kappa shape index (κ2) is 8.09. The summed E-state index contributed by atoms with van der Waals surface area (Å²) >= 11 is 4.33. The molecule has 1 atom stereocenters. The van der Waals surface area contributed by atoms with Crippen LogP contribution >= 0.6 is 12.6 Å². The molecule has 1 heterocycles. The zero-order valence-electron chi connectivity index (χ0n) is 13.8. The first-order valence-corrected chi connectivity index (χ1v) is 8.89. The first kappa shape index (κ1) is 16.7. The molecular formula is C18H30N2S. The molecule has 0 amide bonds. The molecule has 21 heavy (non-hydrogen) atoms. The molecule has 0 radical (unpaired) electrons. The normalized spacial score (nSPS) is 18.0. The zero-order valence-corrected chi connectivity index (χ0v) is 14.7. The van der Waals surface area contributed by atoms with Crippen LogP contribution < -0.4 is 4.90 Å². The fourth-order valence-electron chi connectivity index (χ4n) is 3.06. The standard InChI is InChI=1S/C18H30N2S/c1-15(8-14-21)7-9-19-10-12-20(13-11-19)18-6-4-5-16(2)17(18)3/h4-6,15,21H,7-14H2,1-3H3. The molecule has 2 rings (SSSR count). The molecule has 0 N–H and O–H groups in total. The van der Waals surface area contributed by atoms with Gasteiger partial charge < -0.3 is 4.90 Å². The largest absolute Gasteiger partial charge is 0.369 e. The molecular weight excluding hydrogens is 276 g/mol. The third-order valence-electron chi connectivity index (χ3n) is 4.85. The Kier molecular flexibility index (Phi) is 6.43. The molecule has 0 aromatic heterocycles. The number of benzene rings is 1. The van der Waals surface area contributed by atoms with Crippen molar-refractivity contribution in [1.82, 2.24) is 4.90 Å². The SMILES string of the molecule is Cc1cccc(N2CCN(CCC(C)CCS)CC2)c1C. The van der Waals surface area contributed by atoms with Crippen molar-refractivity contribution < 1.29 is 0 Å². The number of hydrogen-bond donors (Lipinski definition) is 1. The summed E-state index contributed by atoms with van der Waals surface area (Å²) in [5.74, 6) is 1.82. The first-order chi connectivity index (χ1) is 10.1. The van der Waals surface area contributed by atoms with Gasteiger partial charge in [-0.15, -0.1) is 0 Å². The van der Waals surface area contributed by atoms with Crippen LogP contribution in [0.5, 0.6) is 0 Å². The summed E-state index contributed by atoms with van der Waals surface area (Å²) in [6.07, 6.45) is 2.55. The van der Waals surface area contributed by atoms with Gasteiger partial charge in [0.2, 0.25) is 0 Å². The Hall–Kier alpha value is -0.670. The maximum Gasteiger partial charge on any atom is 0.0399 e. The summed E-state index contributed by atoms with van der Waals surface area (Å²) in [5.41, 5.74) is 4.27. The Labute approximate surface area is 135 Å². The minimum atomic E-state index is 0.805. The summed E-state index contributed by atoms with van der Waals surface area (Å²) in [7, 11) is 0. The Balaban J connectivity index is 1.82. The van der Waals surface area contributed by atoms with Gasteiger partial charge in [-0.1, -0.05) is 19.1 Å². The van der Waals surface area contributed by atoms with Crippen molar-refractivity contribution in [2.75, 3.05) is 43.4 Å². The van der Waals surface area contributed by atoms with E-state index in [1.54, 1.807) is 0 Å². The minimum absolute atomic E-state index is 0.805. The number of anilines is 1. The van der Waals surface area contributed by atoms with E-state index in [-0.39, 0.29) is 0 Å². The van der Waals surface area contributed by atoms with Crippen molar-refractivity contribution in [2.24, 2.45) is 5.92 Å². The van der Waals surface area contributed by atoms with Gasteiger partial charge in [-0.3, -0.25) is 4.90 Å². The molecule has 1 saturated heterocycles. The van der Waals surface area contributed by atoms with Crippen molar-refractivity contribution >= 4 is 18.3 Å². The molecule has 1 unspecified atom stereocenters. The van der Waals surface area contributed by atoms with Crippen LogP contribution in [-0.2, 0) is 0 Å². The number of thiol groups is 1. The van der Waals surface area contributed by atoms with Crippen LogP contribution in [-0.4, -0.2) is 43.4 Å². The van der Waals surface area contributed by atoms with Crippen molar-refractivity contribution in [3.8, 4) is 0 Å². The van der Waals surface area contributed by atoms with E-state index in [4.69, 9.17) is 0 Å². The highest BCUT2D eigenvalue weighted by Crippen LogP contribution is 2.24. The molecule has 118 valence electrons. The smallest absolute Gasteiger partial charge is 0.0399 e. The van der Waals surface area contributed by atoms with Crippen LogP contribution in [0.25, 0.3) is 0 Å². The molecule has 1 aliphatic heterocycles. The summed E-state index contributed by atoms with van der Waals surface area (Å²) < 4.78 is 0. The van der Waals surface area contributed by atoms with Crippen molar-refractivity contribution in [1.29, 1.82) is 0 Å². The maximum absolute atomic E-state index is 4.33. The van der Waals surface area contributed by atoms with Crippen LogP contribution in [0.1, 0.15) is 30.9 Å². The molecule has 1 aromatic carbocycles. The fourth-order valence-corrected chi connectivity index (χ4v) is 3.50. The summed E-state index contributed by atoms with van der Waals surface area (Å²) in [6.45, 7) is 12.8. The van der Waals surface area contributed by atoms with Crippen LogP contribution in [0.3, 0.4) is 0 Å². The van der Waals surface area contributed by atoms with Gasteiger partial charge in [0.1, 0.15) is 0 Å². The highest BCUT2D eigenvalue weighted by Gasteiger charge is 2.18. The van der Waals surface area contributed by atoms with E-state index in [0.717, 1.165) is 24.8 Å². The minimum Gasteiger partial charge on any atom is -0.369 e. The first-order valence-electron chi connectivity index (χ1n) is 8.26. The van der Waals surface area contributed by atoms with Gasteiger partial charge in [0.05, 0.1) is 0 Å². The Morgan fingerprint density at radius 1 is 1.10 bits per heavy atom. The van der Waals surface area contributed by atoms with E-state index in [2.05, 4.69) is 61.4 Å². The predicted molar refractivity (Wildman–Crippen MR) is 96.8 cm³/mol. The van der Waals surface area contributed by atoms with E-state index >= 15 is 0 Å². The lowest BCUT2D eigenvalue weighted by molar-refractivity contribution is 0.240. The van der Waals surface area contributed by atoms with Crippen LogP contribution in [0.15, 0.2) is 18.2 Å². The Bertz CT molecular complexity index is 439. The highest BCUT2D eigenvalue weighted by molar-refractivity contribution is 7.80. The van der Waals surface area contributed by atoms with Crippen molar-refractivity contribution in [3.05, 3.63) is 29.3 Å². The topological polar surface area (TPSA) is 6.48 Å². The summed E-state index contributed by atoms with van der Waals surface area (Å²) in [6, 6.07) is 6.66. The lowest BCUT2D eigenvalue weighted by Gasteiger charge is -2.37. The Morgan fingerprint density at radius 3 is 2.48 bits per heavy atom. The predicted octanol–water partition coefficient (Wildman–Crippen LogP) is 3.77. The van der Waals surface area contributed by atoms with Crippen LogP contribution in [0, 0.1) is 19.8 Å². The van der Waals surface area contributed by atoms with Gasteiger partial charge in [-0.2, -0.15) is 12.6 Å². The third-order valence-corrected chi connectivity index (χ3v) is 5.11. The summed E-state index contributed by atoms with van der Waals surface area (Å²) in [4.78, 5) is 5.17. The van der Waals surface area contributed by atoms with Gasteiger partial charge in [0.25, 0.3) is 0 Å². The van der Waals surface area contributed by atoms with E-state index in [0.29, 0.717) is 0 Å². The molecule has 1 fully saturated rings. The molecule has 2 nitrogen and oxygen atoms in total. The maximum atomic E-state index is 4.33. The second-order valence-corrected chi connectivity index (χ2v) is 6.90. The average molecular weight is 307 g/mol. The molecule has 1 aromatic rings. The van der Waals surface area contributed by atoms with Crippen molar-refractivity contribution in [3.63, 3.8) is 0 Å². The quantitative estimate of drug-likeness (QED) is 0.799. The second-order valence-electron chi connectivity index (χ2n) is 6.45. The molecule has 1 aliphatic rings. The third kappa shape index (κ3) is 4.65. The molecule has 0 bridgehead atoms.